The topological polar surface area (TPSA) is 85.6 Å². The van der Waals surface area contributed by atoms with Crippen molar-refractivity contribution in [3.63, 3.8) is 0 Å². The number of benzene rings is 1. The van der Waals surface area contributed by atoms with E-state index in [4.69, 9.17) is 4.42 Å². The van der Waals surface area contributed by atoms with Gasteiger partial charge in [-0.3, -0.25) is 18.6 Å². The van der Waals surface area contributed by atoms with E-state index in [1.165, 1.54) is 16.3 Å². The fourth-order valence-electron chi connectivity index (χ4n) is 3.08. The van der Waals surface area contributed by atoms with Crippen molar-refractivity contribution in [3.05, 3.63) is 71.4 Å². The third kappa shape index (κ3) is 3.56. The average molecular weight is 409 g/mol. The summed E-state index contributed by atoms with van der Waals surface area (Å²) in [5.41, 5.74) is 0.558. The van der Waals surface area contributed by atoms with E-state index in [0.717, 1.165) is 5.76 Å². The Hall–Kier alpha value is -3.33. The van der Waals surface area contributed by atoms with Crippen LogP contribution in [0, 0.1) is 0 Å². The largest absolute Gasteiger partial charge is 0.467 e. The fraction of sp³-hybridized carbons (Fsp3) is 0.200. The number of hydrogen-bond acceptors (Lipinski definition) is 6. The van der Waals surface area contributed by atoms with Gasteiger partial charge in [-0.1, -0.05) is 30.0 Å². The minimum Gasteiger partial charge on any atom is -0.467 e. The van der Waals surface area contributed by atoms with Crippen molar-refractivity contribution in [2.75, 3.05) is 12.8 Å². The number of amides is 1. The lowest BCUT2D eigenvalue weighted by Gasteiger charge is -2.15. The summed E-state index contributed by atoms with van der Waals surface area (Å²) in [5, 5.41) is 9.54. The van der Waals surface area contributed by atoms with E-state index in [0.29, 0.717) is 34.9 Å². The highest BCUT2D eigenvalue weighted by atomic mass is 32.2. The summed E-state index contributed by atoms with van der Waals surface area (Å²) in [6.07, 6.45) is 3.23. The number of allylic oxidation sites excluding steroid dienone is 1. The van der Waals surface area contributed by atoms with E-state index in [1.807, 2.05) is 28.7 Å². The van der Waals surface area contributed by atoms with Gasteiger partial charge in [-0.2, -0.15) is 0 Å². The number of para-hydroxylation sites is 1. The lowest BCUT2D eigenvalue weighted by atomic mass is 10.2. The summed E-state index contributed by atoms with van der Waals surface area (Å²) >= 11 is 1.28. The number of nitrogens with zero attached hydrogens (tertiary/aromatic N) is 5. The number of hydrogen-bond donors (Lipinski definition) is 0. The van der Waals surface area contributed by atoms with Crippen LogP contribution in [-0.2, 0) is 17.9 Å². The Morgan fingerprint density at radius 3 is 2.86 bits per heavy atom. The van der Waals surface area contributed by atoms with Crippen LogP contribution >= 0.6 is 11.8 Å². The Morgan fingerprint density at radius 2 is 2.10 bits per heavy atom. The molecule has 0 radical (unpaired) electrons. The molecule has 0 spiro atoms. The molecule has 29 heavy (non-hydrogen) atoms. The standard InChI is InChI=1S/C20H19N5O3S/c1-3-10-24-18(27)15-8-4-5-9-16(15)25-19(24)21-22-20(25)29-13-17(26)23(2)12-14-7-6-11-28-14/h3-9,11H,1,10,12-13H2,2H3. The van der Waals surface area contributed by atoms with Crippen LogP contribution < -0.4 is 5.56 Å². The van der Waals surface area contributed by atoms with Gasteiger partial charge in [0.2, 0.25) is 11.7 Å². The van der Waals surface area contributed by atoms with Crippen LogP contribution in [0.4, 0.5) is 0 Å². The molecule has 9 heteroatoms. The second-order valence-corrected chi connectivity index (χ2v) is 7.40. The zero-order valence-corrected chi connectivity index (χ0v) is 16.6. The lowest BCUT2D eigenvalue weighted by molar-refractivity contribution is -0.127. The van der Waals surface area contributed by atoms with Crippen LogP contribution in [0.5, 0.6) is 0 Å². The molecule has 1 amide bonds. The van der Waals surface area contributed by atoms with Crippen molar-refractivity contribution in [1.82, 2.24) is 24.1 Å². The van der Waals surface area contributed by atoms with Crippen molar-refractivity contribution in [1.29, 1.82) is 0 Å². The average Bonchev–Trinajstić information content (AvgIpc) is 3.39. The van der Waals surface area contributed by atoms with Gasteiger partial charge < -0.3 is 9.32 Å². The van der Waals surface area contributed by atoms with E-state index in [1.54, 1.807) is 36.4 Å². The molecule has 0 saturated carbocycles. The number of carbonyl (C=O) groups is 1. The number of fused-ring (bicyclic) bond motifs is 3. The van der Waals surface area contributed by atoms with Crippen LogP contribution in [-0.4, -0.2) is 42.8 Å². The lowest BCUT2D eigenvalue weighted by Crippen LogP contribution is -2.27. The Balaban J connectivity index is 1.65. The second-order valence-electron chi connectivity index (χ2n) is 6.46. The maximum atomic E-state index is 12.8. The van der Waals surface area contributed by atoms with Crippen molar-refractivity contribution in [3.8, 4) is 0 Å². The van der Waals surface area contributed by atoms with E-state index < -0.39 is 0 Å². The number of rotatable bonds is 7. The van der Waals surface area contributed by atoms with E-state index in [9.17, 15) is 9.59 Å². The number of aromatic nitrogens is 4. The molecule has 0 aliphatic rings. The third-order valence-corrected chi connectivity index (χ3v) is 5.43. The molecule has 0 aliphatic carbocycles. The monoisotopic (exact) mass is 409 g/mol. The first-order chi connectivity index (χ1) is 14.1. The molecular weight excluding hydrogens is 390 g/mol. The summed E-state index contributed by atoms with van der Waals surface area (Å²) < 4.78 is 8.63. The quantitative estimate of drug-likeness (QED) is 0.344. The molecule has 0 saturated heterocycles. The van der Waals surface area contributed by atoms with E-state index in [-0.39, 0.29) is 17.2 Å². The Labute approximate surface area is 170 Å². The zero-order chi connectivity index (χ0) is 20.4. The third-order valence-electron chi connectivity index (χ3n) is 4.51. The van der Waals surface area contributed by atoms with Crippen molar-refractivity contribution < 1.29 is 9.21 Å². The molecule has 148 valence electrons. The van der Waals surface area contributed by atoms with Crippen molar-refractivity contribution >= 4 is 34.3 Å². The molecule has 0 bridgehead atoms. The van der Waals surface area contributed by atoms with Crippen molar-refractivity contribution in [2.24, 2.45) is 0 Å². The summed E-state index contributed by atoms with van der Waals surface area (Å²) in [6, 6.07) is 10.9. The summed E-state index contributed by atoms with van der Waals surface area (Å²) in [6.45, 7) is 4.44. The minimum absolute atomic E-state index is 0.0631. The first kappa shape index (κ1) is 19.0. The SMILES string of the molecule is C=CCn1c(=O)c2ccccc2n2c(SCC(=O)N(C)Cc3ccco3)nnc12. The van der Waals surface area contributed by atoms with Crippen LogP contribution in [0.2, 0.25) is 0 Å². The number of carbonyl (C=O) groups excluding carboxylic acids is 1. The normalized spacial score (nSPS) is 11.2. The molecule has 4 aromatic rings. The predicted molar refractivity (Wildman–Crippen MR) is 111 cm³/mol. The minimum atomic E-state index is -0.147. The van der Waals surface area contributed by atoms with Gasteiger partial charge in [-0.25, -0.2) is 0 Å². The Bertz CT molecular complexity index is 1240. The number of thioether (sulfide) groups is 1. The molecular formula is C20H19N5O3S. The number of furan rings is 1. The maximum Gasteiger partial charge on any atom is 0.263 e. The van der Waals surface area contributed by atoms with Crippen molar-refractivity contribution in [2.45, 2.75) is 18.2 Å². The molecule has 0 aliphatic heterocycles. The molecule has 0 N–H and O–H groups in total. The Morgan fingerprint density at radius 1 is 1.28 bits per heavy atom. The fourth-order valence-corrected chi connectivity index (χ4v) is 3.96. The molecule has 0 fully saturated rings. The van der Waals surface area contributed by atoms with E-state index >= 15 is 0 Å². The van der Waals surface area contributed by atoms with Crippen LogP contribution in [0.3, 0.4) is 0 Å². The zero-order valence-electron chi connectivity index (χ0n) is 15.8. The van der Waals surface area contributed by atoms with Gasteiger partial charge in [-0.05, 0) is 24.3 Å². The smallest absolute Gasteiger partial charge is 0.263 e. The van der Waals surface area contributed by atoms with Gasteiger partial charge in [0.1, 0.15) is 5.76 Å². The molecule has 8 nitrogen and oxygen atoms in total. The predicted octanol–water partition coefficient (Wildman–Crippen LogP) is 2.57. The molecule has 3 heterocycles. The van der Waals surface area contributed by atoms with Gasteiger partial charge in [0.05, 0.1) is 29.5 Å². The van der Waals surface area contributed by atoms with Gasteiger partial charge in [0, 0.05) is 13.6 Å². The summed E-state index contributed by atoms with van der Waals surface area (Å²) in [5.74, 6) is 1.27. The molecule has 3 aromatic heterocycles. The first-order valence-corrected chi connectivity index (χ1v) is 9.95. The molecule has 1 aromatic carbocycles. The summed E-state index contributed by atoms with van der Waals surface area (Å²) in [4.78, 5) is 26.9. The van der Waals surface area contributed by atoms with E-state index in [2.05, 4.69) is 16.8 Å². The summed E-state index contributed by atoms with van der Waals surface area (Å²) in [7, 11) is 1.73. The first-order valence-electron chi connectivity index (χ1n) is 8.97. The highest BCUT2D eigenvalue weighted by Gasteiger charge is 2.18. The second kappa shape index (κ2) is 7.96. The van der Waals surface area contributed by atoms with Crippen LogP contribution in [0.15, 0.2) is 69.7 Å². The van der Waals surface area contributed by atoms with Gasteiger partial charge in [0.25, 0.3) is 5.56 Å². The molecule has 0 atom stereocenters. The van der Waals surface area contributed by atoms with Gasteiger partial charge in [0.15, 0.2) is 5.16 Å². The highest BCUT2D eigenvalue weighted by molar-refractivity contribution is 7.99. The van der Waals surface area contributed by atoms with Gasteiger partial charge in [-0.15, -0.1) is 16.8 Å². The van der Waals surface area contributed by atoms with Gasteiger partial charge >= 0.3 is 0 Å². The highest BCUT2D eigenvalue weighted by Crippen LogP contribution is 2.22. The molecule has 4 rings (SSSR count). The van der Waals surface area contributed by atoms with Crippen LogP contribution in [0.25, 0.3) is 16.7 Å². The maximum absolute atomic E-state index is 12.8. The Kier molecular flexibility index (Phi) is 5.22. The van der Waals surface area contributed by atoms with Crippen LogP contribution in [0.1, 0.15) is 5.76 Å². The molecule has 0 unspecified atom stereocenters.